The number of hydrogen-bond donors (Lipinski definition) is 0. The molecule has 3 heterocycles. The van der Waals surface area contributed by atoms with Gasteiger partial charge < -0.3 is 14.7 Å². The highest BCUT2D eigenvalue weighted by molar-refractivity contribution is 7.12. The number of carbonyl (C=O) groups is 2. The first kappa shape index (κ1) is 22.7. The van der Waals surface area contributed by atoms with E-state index in [0.29, 0.717) is 26.2 Å². The minimum absolute atomic E-state index is 0.0198. The van der Waals surface area contributed by atoms with Gasteiger partial charge >= 0.3 is 0 Å². The Labute approximate surface area is 205 Å². The third-order valence-electron chi connectivity index (χ3n) is 7.21. The van der Waals surface area contributed by atoms with E-state index in [9.17, 15) is 9.59 Å². The lowest BCUT2D eigenvalue weighted by molar-refractivity contribution is -0.135. The number of thiophene rings is 1. The summed E-state index contributed by atoms with van der Waals surface area (Å²) in [6.45, 7) is 8.35. The molecule has 1 aromatic heterocycles. The van der Waals surface area contributed by atoms with Crippen LogP contribution in [0, 0.1) is 19.8 Å². The van der Waals surface area contributed by atoms with Gasteiger partial charge in [-0.15, -0.1) is 11.3 Å². The molecule has 0 radical (unpaired) electrons. The predicted molar refractivity (Wildman–Crippen MR) is 138 cm³/mol. The molecule has 0 unspecified atom stereocenters. The van der Waals surface area contributed by atoms with E-state index >= 15 is 0 Å². The first-order chi connectivity index (χ1) is 16.5. The maximum absolute atomic E-state index is 13.8. The van der Waals surface area contributed by atoms with Crippen LogP contribution in [0.25, 0.3) is 0 Å². The minimum Gasteiger partial charge on any atom is -0.368 e. The Morgan fingerprint density at radius 1 is 0.824 bits per heavy atom. The standard InChI is InChI=1S/C28H31N3O2S/c1-20-9-11-22(12-10-20)23-18-31(28(33)26-8-5-17-34-26)19-24(23)27(32)30-15-13-29(14-16-30)25-7-4-3-6-21(25)2/h3-12,17,23-24H,13-16,18-19H2,1-2H3/t23-,24-/m1/s1. The Hall–Kier alpha value is -3.12. The number of nitrogens with zero attached hydrogens (tertiary/aromatic N) is 3. The van der Waals surface area contributed by atoms with Crippen LogP contribution in [0.4, 0.5) is 5.69 Å². The first-order valence-electron chi connectivity index (χ1n) is 12.0. The smallest absolute Gasteiger partial charge is 0.263 e. The van der Waals surface area contributed by atoms with E-state index in [0.717, 1.165) is 23.5 Å². The van der Waals surface area contributed by atoms with Crippen LogP contribution in [0.3, 0.4) is 0 Å². The Balaban J connectivity index is 1.33. The second kappa shape index (κ2) is 9.63. The maximum atomic E-state index is 13.8. The van der Waals surface area contributed by atoms with Crippen molar-refractivity contribution >= 4 is 28.8 Å². The number of para-hydroxylation sites is 1. The minimum atomic E-state index is -0.211. The number of likely N-dealkylation sites (tertiary alicyclic amines) is 1. The second-order valence-corrected chi connectivity index (χ2v) is 10.4. The molecule has 2 atom stereocenters. The van der Waals surface area contributed by atoms with Gasteiger partial charge in [0, 0.05) is 50.9 Å². The topological polar surface area (TPSA) is 43.9 Å². The molecule has 0 aliphatic carbocycles. The van der Waals surface area contributed by atoms with Gasteiger partial charge in [-0.1, -0.05) is 54.1 Å². The van der Waals surface area contributed by atoms with Crippen molar-refractivity contribution in [3.05, 3.63) is 87.6 Å². The van der Waals surface area contributed by atoms with E-state index in [1.54, 1.807) is 0 Å². The molecule has 0 spiro atoms. The van der Waals surface area contributed by atoms with Crippen LogP contribution in [0.1, 0.15) is 32.3 Å². The van der Waals surface area contributed by atoms with Crippen LogP contribution in [0.5, 0.6) is 0 Å². The van der Waals surface area contributed by atoms with Crippen molar-refractivity contribution in [1.82, 2.24) is 9.80 Å². The molecule has 5 rings (SSSR count). The van der Waals surface area contributed by atoms with Crippen LogP contribution in [0.15, 0.2) is 66.0 Å². The van der Waals surface area contributed by atoms with E-state index in [1.807, 2.05) is 27.3 Å². The lowest BCUT2D eigenvalue weighted by Gasteiger charge is -2.38. The van der Waals surface area contributed by atoms with Crippen LogP contribution in [-0.2, 0) is 4.79 Å². The monoisotopic (exact) mass is 473 g/mol. The van der Waals surface area contributed by atoms with E-state index < -0.39 is 0 Å². The first-order valence-corrected chi connectivity index (χ1v) is 12.9. The summed E-state index contributed by atoms with van der Waals surface area (Å²) in [5, 5.41) is 1.93. The Bertz CT molecular complexity index is 1150. The highest BCUT2D eigenvalue weighted by Crippen LogP contribution is 2.36. The molecule has 176 valence electrons. The molecule has 34 heavy (non-hydrogen) atoms. The Morgan fingerprint density at radius 2 is 1.56 bits per heavy atom. The summed E-state index contributed by atoms with van der Waals surface area (Å²) in [6, 6.07) is 20.6. The molecule has 6 heteroatoms. The summed E-state index contributed by atoms with van der Waals surface area (Å²) in [4.78, 5) is 33.9. The number of aryl methyl sites for hydroxylation is 2. The van der Waals surface area contributed by atoms with Crippen LogP contribution >= 0.6 is 11.3 Å². The molecule has 0 saturated carbocycles. The molecule has 3 aromatic rings. The lowest BCUT2D eigenvalue weighted by atomic mass is 9.87. The number of carbonyl (C=O) groups excluding carboxylic acids is 2. The fourth-order valence-corrected chi connectivity index (χ4v) is 5.94. The molecule has 2 amide bonds. The molecule has 2 aromatic carbocycles. The van der Waals surface area contributed by atoms with Gasteiger partial charge in [-0.25, -0.2) is 0 Å². The normalized spacial score (nSPS) is 20.6. The van der Waals surface area contributed by atoms with Crippen molar-refractivity contribution in [2.45, 2.75) is 19.8 Å². The van der Waals surface area contributed by atoms with E-state index in [-0.39, 0.29) is 23.7 Å². The highest BCUT2D eigenvalue weighted by Gasteiger charge is 2.42. The van der Waals surface area contributed by atoms with Gasteiger partial charge in [-0.05, 0) is 42.5 Å². The molecule has 2 aliphatic rings. The summed E-state index contributed by atoms with van der Waals surface area (Å²) >= 11 is 1.46. The summed E-state index contributed by atoms with van der Waals surface area (Å²) in [5.74, 6) is 0.0197. The van der Waals surface area contributed by atoms with Crippen molar-refractivity contribution < 1.29 is 9.59 Å². The third-order valence-corrected chi connectivity index (χ3v) is 8.07. The molecule has 2 saturated heterocycles. The van der Waals surface area contributed by atoms with Gasteiger partial charge in [-0.2, -0.15) is 0 Å². The largest absolute Gasteiger partial charge is 0.368 e. The number of benzene rings is 2. The predicted octanol–water partition coefficient (Wildman–Crippen LogP) is 4.57. The summed E-state index contributed by atoms with van der Waals surface area (Å²) in [7, 11) is 0. The van der Waals surface area contributed by atoms with E-state index in [4.69, 9.17) is 0 Å². The van der Waals surface area contributed by atoms with Gasteiger partial charge in [0.25, 0.3) is 5.91 Å². The van der Waals surface area contributed by atoms with Crippen molar-refractivity contribution in [2.24, 2.45) is 5.92 Å². The second-order valence-electron chi connectivity index (χ2n) is 9.41. The molecule has 0 bridgehead atoms. The van der Waals surface area contributed by atoms with E-state index in [2.05, 4.69) is 67.3 Å². The molecular formula is C28H31N3O2S. The summed E-state index contributed by atoms with van der Waals surface area (Å²) in [5.41, 5.74) is 4.85. The molecule has 2 aliphatic heterocycles. The van der Waals surface area contributed by atoms with E-state index in [1.165, 1.54) is 28.2 Å². The third kappa shape index (κ3) is 4.47. The molecule has 0 N–H and O–H groups in total. The lowest BCUT2D eigenvalue weighted by Crippen LogP contribution is -2.51. The molecule has 5 nitrogen and oxygen atoms in total. The zero-order chi connectivity index (χ0) is 23.7. The molecule has 2 fully saturated rings. The Kier molecular flexibility index (Phi) is 6.42. The zero-order valence-electron chi connectivity index (χ0n) is 19.8. The number of rotatable bonds is 4. The maximum Gasteiger partial charge on any atom is 0.263 e. The fraction of sp³-hybridized carbons (Fsp3) is 0.357. The quantitative estimate of drug-likeness (QED) is 0.558. The SMILES string of the molecule is Cc1ccc([C@H]2CN(C(=O)c3cccs3)C[C@H]2C(=O)N2CCN(c3ccccc3C)CC2)cc1. The van der Waals surface area contributed by atoms with Crippen molar-refractivity contribution in [3.8, 4) is 0 Å². The average molecular weight is 474 g/mol. The zero-order valence-corrected chi connectivity index (χ0v) is 20.6. The van der Waals surface area contributed by atoms with Gasteiger partial charge in [0.15, 0.2) is 0 Å². The summed E-state index contributed by atoms with van der Waals surface area (Å²) in [6.07, 6.45) is 0. The van der Waals surface area contributed by atoms with Crippen molar-refractivity contribution in [1.29, 1.82) is 0 Å². The van der Waals surface area contributed by atoms with Crippen LogP contribution < -0.4 is 4.90 Å². The van der Waals surface area contributed by atoms with Crippen molar-refractivity contribution in [3.63, 3.8) is 0 Å². The average Bonchev–Trinajstić information content (AvgIpc) is 3.55. The van der Waals surface area contributed by atoms with Gasteiger partial charge in [0.1, 0.15) is 0 Å². The van der Waals surface area contributed by atoms with Gasteiger partial charge in [-0.3, -0.25) is 9.59 Å². The fourth-order valence-electron chi connectivity index (χ4n) is 5.25. The number of piperazine rings is 1. The van der Waals surface area contributed by atoms with Gasteiger partial charge in [0.05, 0.1) is 10.8 Å². The van der Waals surface area contributed by atoms with Crippen LogP contribution in [0.2, 0.25) is 0 Å². The number of anilines is 1. The summed E-state index contributed by atoms with van der Waals surface area (Å²) < 4.78 is 0. The van der Waals surface area contributed by atoms with Crippen LogP contribution in [-0.4, -0.2) is 60.9 Å². The highest BCUT2D eigenvalue weighted by atomic mass is 32.1. The van der Waals surface area contributed by atoms with Crippen molar-refractivity contribution in [2.75, 3.05) is 44.2 Å². The molecular weight excluding hydrogens is 442 g/mol. The van der Waals surface area contributed by atoms with Gasteiger partial charge in [0.2, 0.25) is 5.91 Å². The number of amides is 2. The Morgan fingerprint density at radius 3 is 2.24 bits per heavy atom. The number of hydrogen-bond acceptors (Lipinski definition) is 4.